The van der Waals surface area contributed by atoms with Gasteiger partial charge in [0.1, 0.15) is 11.4 Å². The molecular weight excluding hydrogens is 330 g/mol. The highest BCUT2D eigenvalue weighted by molar-refractivity contribution is 6.06. The van der Waals surface area contributed by atoms with Gasteiger partial charge in [-0.2, -0.15) is 0 Å². The number of hydrogen-bond donors (Lipinski definition) is 3. The van der Waals surface area contributed by atoms with Crippen LogP contribution >= 0.6 is 0 Å². The lowest BCUT2D eigenvalue weighted by Gasteiger charge is -2.15. The number of nitrogens with two attached hydrogens (primary N) is 1. The SMILES string of the molecule is Cc1ccc(OCCCN2CCCC2)c2[nH]c(C(=O)N(C)C(=N)N)cc12. The van der Waals surface area contributed by atoms with E-state index in [4.69, 9.17) is 15.9 Å². The Hall–Kier alpha value is -2.54. The normalized spacial score (nSPS) is 14.7. The summed E-state index contributed by atoms with van der Waals surface area (Å²) in [6.07, 6.45) is 3.58. The van der Waals surface area contributed by atoms with Crippen LogP contribution in [0.25, 0.3) is 10.9 Å². The smallest absolute Gasteiger partial charge is 0.276 e. The van der Waals surface area contributed by atoms with Gasteiger partial charge in [0.15, 0.2) is 5.96 Å². The lowest BCUT2D eigenvalue weighted by molar-refractivity contribution is 0.0864. The molecule has 3 rings (SSSR count). The number of nitrogens with zero attached hydrogens (tertiary/aromatic N) is 2. The third kappa shape index (κ3) is 3.83. The molecule has 0 radical (unpaired) electrons. The van der Waals surface area contributed by atoms with E-state index in [1.54, 1.807) is 6.07 Å². The number of amides is 1. The highest BCUT2D eigenvalue weighted by Crippen LogP contribution is 2.29. The predicted octanol–water partition coefficient (Wildman–Crippen LogP) is 2.31. The van der Waals surface area contributed by atoms with Crippen molar-refractivity contribution in [2.45, 2.75) is 26.2 Å². The van der Waals surface area contributed by atoms with Crippen molar-refractivity contribution in [3.8, 4) is 5.75 Å². The van der Waals surface area contributed by atoms with Crippen LogP contribution in [-0.2, 0) is 0 Å². The quantitative estimate of drug-likeness (QED) is 0.420. The Balaban J connectivity index is 1.72. The number of rotatable bonds is 6. The van der Waals surface area contributed by atoms with Crippen molar-refractivity contribution in [3.63, 3.8) is 0 Å². The van der Waals surface area contributed by atoms with Crippen molar-refractivity contribution >= 4 is 22.8 Å². The average Bonchev–Trinajstić information content (AvgIpc) is 3.29. The summed E-state index contributed by atoms with van der Waals surface area (Å²) >= 11 is 0. The lowest BCUT2D eigenvalue weighted by atomic mass is 10.1. The molecule has 1 amide bonds. The molecule has 140 valence electrons. The van der Waals surface area contributed by atoms with Crippen molar-refractivity contribution in [2.24, 2.45) is 5.73 Å². The maximum absolute atomic E-state index is 12.4. The zero-order valence-electron chi connectivity index (χ0n) is 15.5. The Morgan fingerprint density at radius 1 is 1.38 bits per heavy atom. The molecular formula is C19H27N5O2. The molecule has 0 atom stereocenters. The summed E-state index contributed by atoms with van der Waals surface area (Å²) in [7, 11) is 1.48. The van der Waals surface area contributed by atoms with Crippen LogP contribution in [-0.4, -0.2) is 59.9 Å². The Morgan fingerprint density at radius 2 is 2.12 bits per heavy atom. The molecule has 1 aromatic heterocycles. The predicted molar refractivity (Wildman–Crippen MR) is 103 cm³/mol. The molecule has 0 saturated carbocycles. The van der Waals surface area contributed by atoms with E-state index in [-0.39, 0.29) is 11.9 Å². The van der Waals surface area contributed by atoms with Gasteiger partial charge < -0.3 is 20.4 Å². The highest BCUT2D eigenvalue weighted by Gasteiger charge is 2.18. The first kappa shape index (κ1) is 18.3. The van der Waals surface area contributed by atoms with Gasteiger partial charge in [0.05, 0.1) is 12.1 Å². The van der Waals surface area contributed by atoms with Crippen LogP contribution in [0.2, 0.25) is 0 Å². The first-order valence-electron chi connectivity index (χ1n) is 9.07. The van der Waals surface area contributed by atoms with Crippen LogP contribution in [0.3, 0.4) is 0 Å². The fraction of sp³-hybridized carbons (Fsp3) is 0.474. The Morgan fingerprint density at radius 3 is 2.81 bits per heavy atom. The van der Waals surface area contributed by atoms with E-state index >= 15 is 0 Å². The standard InChI is InChI=1S/C19H27N5O2/c1-13-6-7-16(26-11-5-10-24-8-3-4-9-24)17-14(13)12-15(22-17)18(25)23(2)19(20)21/h6-7,12,22H,3-5,8-11H2,1-2H3,(H3,20,21). The zero-order valence-corrected chi connectivity index (χ0v) is 15.5. The number of likely N-dealkylation sites (tertiary alicyclic amines) is 1. The number of aryl methyl sites for hydroxylation is 1. The highest BCUT2D eigenvalue weighted by atomic mass is 16.5. The Labute approximate surface area is 153 Å². The average molecular weight is 357 g/mol. The number of hydrogen-bond acceptors (Lipinski definition) is 4. The summed E-state index contributed by atoms with van der Waals surface area (Å²) in [5, 5.41) is 8.37. The number of aromatic nitrogens is 1. The van der Waals surface area contributed by atoms with Crippen molar-refractivity contribution in [2.75, 3.05) is 33.3 Å². The molecule has 0 spiro atoms. The Kier molecular flexibility index (Phi) is 5.46. The number of guanidine groups is 1. The van der Waals surface area contributed by atoms with Gasteiger partial charge in [-0.3, -0.25) is 15.1 Å². The minimum Gasteiger partial charge on any atom is -0.491 e. The molecule has 2 aromatic rings. The van der Waals surface area contributed by atoms with Gasteiger partial charge in [0, 0.05) is 19.0 Å². The zero-order chi connectivity index (χ0) is 18.7. The maximum Gasteiger partial charge on any atom is 0.276 e. The number of fused-ring (bicyclic) bond motifs is 1. The summed E-state index contributed by atoms with van der Waals surface area (Å²) in [6.45, 7) is 6.09. The van der Waals surface area contributed by atoms with Crippen molar-refractivity contribution in [1.82, 2.24) is 14.8 Å². The summed E-state index contributed by atoms with van der Waals surface area (Å²) in [6, 6.07) is 5.73. The molecule has 1 aromatic carbocycles. The van der Waals surface area contributed by atoms with Gasteiger partial charge >= 0.3 is 0 Å². The van der Waals surface area contributed by atoms with E-state index < -0.39 is 0 Å². The molecule has 1 fully saturated rings. The van der Waals surface area contributed by atoms with E-state index in [0.29, 0.717) is 12.3 Å². The lowest BCUT2D eigenvalue weighted by Crippen LogP contribution is -2.38. The molecule has 0 bridgehead atoms. The van der Waals surface area contributed by atoms with Gasteiger partial charge in [-0.05, 0) is 57.0 Å². The van der Waals surface area contributed by atoms with Crippen LogP contribution in [0.4, 0.5) is 0 Å². The van der Waals surface area contributed by atoms with Crippen molar-refractivity contribution in [3.05, 3.63) is 29.5 Å². The van der Waals surface area contributed by atoms with E-state index in [1.807, 2.05) is 19.1 Å². The Bertz CT molecular complexity index is 808. The first-order valence-corrected chi connectivity index (χ1v) is 9.07. The first-order chi connectivity index (χ1) is 12.5. The topological polar surface area (TPSA) is 98.4 Å². The molecule has 2 heterocycles. The van der Waals surface area contributed by atoms with E-state index in [9.17, 15) is 4.79 Å². The van der Waals surface area contributed by atoms with Gasteiger partial charge in [-0.25, -0.2) is 0 Å². The maximum atomic E-state index is 12.4. The fourth-order valence-corrected chi connectivity index (χ4v) is 3.34. The van der Waals surface area contributed by atoms with Gasteiger partial charge in [-0.1, -0.05) is 6.07 Å². The minimum absolute atomic E-state index is 0.288. The van der Waals surface area contributed by atoms with Crippen LogP contribution in [0, 0.1) is 12.3 Å². The van der Waals surface area contributed by atoms with Crippen molar-refractivity contribution < 1.29 is 9.53 Å². The van der Waals surface area contributed by atoms with E-state index in [1.165, 1.54) is 33.0 Å². The molecule has 7 nitrogen and oxygen atoms in total. The van der Waals surface area contributed by atoms with E-state index in [2.05, 4.69) is 9.88 Å². The molecule has 4 N–H and O–H groups in total. The third-order valence-electron chi connectivity index (χ3n) is 4.94. The molecule has 7 heteroatoms. The van der Waals surface area contributed by atoms with Crippen LogP contribution < -0.4 is 10.5 Å². The monoisotopic (exact) mass is 357 g/mol. The van der Waals surface area contributed by atoms with E-state index in [0.717, 1.165) is 40.1 Å². The second-order valence-corrected chi connectivity index (χ2v) is 6.85. The summed E-state index contributed by atoms with van der Waals surface area (Å²) in [5.74, 6) is 0.119. The number of benzene rings is 1. The minimum atomic E-state index is -0.340. The van der Waals surface area contributed by atoms with Crippen LogP contribution in [0.1, 0.15) is 35.3 Å². The molecule has 1 aliphatic rings. The van der Waals surface area contributed by atoms with Gasteiger partial charge in [-0.15, -0.1) is 0 Å². The third-order valence-corrected chi connectivity index (χ3v) is 4.94. The second-order valence-electron chi connectivity index (χ2n) is 6.85. The molecule has 26 heavy (non-hydrogen) atoms. The molecule has 0 aliphatic carbocycles. The summed E-state index contributed by atoms with van der Waals surface area (Å²) in [5.41, 5.74) is 7.68. The summed E-state index contributed by atoms with van der Waals surface area (Å²) < 4.78 is 5.99. The number of carbonyl (C=O) groups excluding carboxylic acids is 1. The molecule has 1 aliphatic heterocycles. The largest absolute Gasteiger partial charge is 0.491 e. The molecule has 0 unspecified atom stereocenters. The number of H-pyrrole nitrogens is 1. The summed E-state index contributed by atoms with van der Waals surface area (Å²) in [4.78, 5) is 19.1. The van der Waals surface area contributed by atoms with Crippen molar-refractivity contribution in [1.29, 1.82) is 5.41 Å². The number of ether oxygens (including phenoxy) is 1. The van der Waals surface area contributed by atoms with Crippen LogP contribution in [0.15, 0.2) is 18.2 Å². The van der Waals surface area contributed by atoms with Gasteiger partial charge in [0.2, 0.25) is 0 Å². The van der Waals surface area contributed by atoms with Crippen LogP contribution in [0.5, 0.6) is 5.75 Å². The number of carbonyl (C=O) groups is 1. The molecule has 1 saturated heterocycles. The second kappa shape index (κ2) is 7.78. The number of aromatic amines is 1. The number of nitrogens with one attached hydrogen (secondary N) is 2. The fourth-order valence-electron chi connectivity index (χ4n) is 3.34. The van der Waals surface area contributed by atoms with Gasteiger partial charge in [0.25, 0.3) is 5.91 Å².